The normalized spacial score (nSPS) is 11.5. The topological polar surface area (TPSA) is 54.9 Å². The predicted molar refractivity (Wildman–Crippen MR) is 91.7 cm³/mol. The number of rotatable bonds is 9. The van der Waals surface area contributed by atoms with E-state index in [1.54, 1.807) is 14.2 Å². The second kappa shape index (κ2) is 11.0. The number of nitrogens with one attached hydrogen (secondary N) is 2. The molecule has 0 aliphatic rings. The van der Waals surface area contributed by atoms with Gasteiger partial charge in [0.25, 0.3) is 0 Å². The Labute approximate surface area is 134 Å². The van der Waals surface area contributed by atoms with Gasteiger partial charge in [0.2, 0.25) is 0 Å². The Morgan fingerprint density at radius 1 is 1.00 bits per heavy atom. The maximum Gasteiger partial charge on any atom is 0.191 e. The molecule has 0 heterocycles. The highest BCUT2D eigenvalue weighted by atomic mass is 16.5. The molecular formula is C17H29N3O2. The number of methoxy groups -OCH3 is 1. The molecule has 2 N–H and O–H groups in total. The van der Waals surface area contributed by atoms with Crippen LogP contribution in [0.4, 0.5) is 0 Å². The molecule has 0 aliphatic heterocycles. The van der Waals surface area contributed by atoms with Crippen molar-refractivity contribution < 1.29 is 9.47 Å². The van der Waals surface area contributed by atoms with E-state index in [9.17, 15) is 0 Å². The summed E-state index contributed by atoms with van der Waals surface area (Å²) in [5, 5.41) is 6.55. The highest BCUT2D eigenvalue weighted by Gasteiger charge is 1.99. The summed E-state index contributed by atoms with van der Waals surface area (Å²) in [5.41, 5.74) is 3.97. The number of hydrogen-bond donors (Lipinski definition) is 2. The van der Waals surface area contributed by atoms with E-state index in [2.05, 4.69) is 47.7 Å². The first-order valence-corrected chi connectivity index (χ1v) is 7.74. The Hall–Kier alpha value is -1.59. The molecule has 0 atom stereocenters. The summed E-state index contributed by atoms with van der Waals surface area (Å²) in [6.45, 7) is 7.74. The van der Waals surface area contributed by atoms with Crippen molar-refractivity contribution in [2.45, 2.75) is 20.3 Å². The Balaban J connectivity index is 2.21. The third-order valence-electron chi connectivity index (χ3n) is 3.18. The van der Waals surface area contributed by atoms with Crippen LogP contribution in [0.2, 0.25) is 0 Å². The molecule has 0 bridgehead atoms. The van der Waals surface area contributed by atoms with Crippen LogP contribution in [-0.4, -0.2) is 53.0 Å². The standard InChI is InChI=1S/C17H29N3O2/c1-14-11-15(2)13-16(12-14)5-6-19-17(18-3)20-7-8-22-10-9-21-4/h11-13H,5-10H2,1-4H3,(H2,18,19,20). The monoisotopic (exact) mass is 307 g/mol. The van der Waals surface area contributed by atoms with E-state index in [0.29, 0.717) is 19.8 Å². The van der Waals surface area contributed by atoms with Crippen molar-refractivity contribution in [1.29, 1.82) is 0 Å². The van der Waals surface area contributed by atoms with Crippen LogP contribution in [0.3, 0.4) is 0 Å². The largest absolute Gasteiger partial charge is 0.382 e. The molecule has 124 valence electrons. The average molecular weight is 307 g/mol. The van der Waals surface area contributed by atoms with E-state index < -0.39 is 0 Å². The summed E-state index contributed by atoms with van der Waals surface area (Å²) >= 11 is 0. The SMILES string of the molecule is CN=C(NCCOCCOC)NCCc1cc(C)cc(C)c1. The van der Waals surface area contributed by atoms with Crippen LogP contribution in [0, 0.1) is 13.8 Å². The zero-order chi connectivity index (χ0) is 16.2. The minimum atomic E-state index is 0.622. The molecule has 22 heavy (non-hydrogen) atoms. The minimum absolute atomic E-state index is 0.622. The van der Waals surface area contributed by atoms with Crippen molar-refractivity contribution in [3.63, 3.8) is 0 Å². The first kappa shape index (κ1) is 18.5. The van der Waals surface area contributed by atoms with Crippen molar-refractivity contribution in [2.24, 2.45) is 4.99 Å². The Morgan fingerprint density at radius 3 is 2.32 bits per heavy atom. The molecule has 0 radical (unpaired) electrons. The molecule has 5 nitrogen and oxygen atoms in total. The molecule has 5 heteroatoms. The number of ether oxygens (including phenoxy) is 2. The van der Waals surface area contributed by atoms with Gasteiger partial charge in [0.05, 0.1) is 19.8 Å². The summed E-state index contributed by atoms with van der Waals surface area (Å²) in [5.74, 6) is 0.805. The van der Waals surface area contributed by atoms with Gasteiger partial charge < -0.3 is 20.1 Å². The van der Waals surface area contributed by atoms with E-state index in [0.717, 1.165) is 25.5 Å². The van der Waals surface area contributed by atoms with Crippen LogP contribution in [0.5, 0.6) is 0 Å². The van der Waals surface area contributed by atoms with Gasteiger partial charge in [-0.2, -0.15) is 0 Å². The fraction of sp³-hybridized carbons (Fsp3) is 0.588. The van der Waals surface area contributed by atoms with Crippen molar-refractivity contribution in [3.8, 4) is 0 Å². The lowest BCUT2D eigenvalue weighted by atomic mass is 10.1. The molecule has 0 unspecified atom stereocenters. The molecule has 1 aromatic rings. The van der Waals surface area contributed by atoms with Crippen LogP contribution < -0.4 is 10.6 Å². The summed E-state index contributed by atoms with van der Waals surface area (Å²) in [6, 6.07) is 6.66. The number of benzene rings is 1. The van der Waals surface area contributed by atoms with Gasteiger partial charge in [-0.3, -0.25) is 4.99 Å². The lowest BCUT2D eigenvalue weighted by Crippen LogP contribution is -2.39. The molecule has 0 saturated heterocycles. The van der Waals surface area contributed by atoms with Crippen molar-refractivity contribution in [3.05, 3.63) is 34.9 Å². The Bertz CT molecular complexity index is 441. The maximum atomic E-state index is 5.40. The van der Waals surface area contributed by atoms with Crippen LogP contribution in [-0.2, 0) is 15.9 Å². The fourth-order valence-electron chi connectivity index (χ4n) is 2.25. The first-order chi connectivity index (χ1) is 10.7. The van der Waals surface area contributed by atoms with Gasteiger partial charge in [-0.05, 0) is 25.8 Å². The van der Waals surface area contributed by atoms with Crippen molar-refractivity contribution >= 4 is 5.96 Å². The van der Waals surface area contributed by atoms with Crippen LogP contribution in [0.15, 0.2) is 23.2 Å². The molecule has 0 fully saturated rings. The van der Waals surface area contributed by atoms with E-state index in [4.69, 9.17) is 9.47 Å². The third-order valence-corrected chi connectivity index (χ3v) is 3.18. The zero-order valence-corrected chi connectivity index (χ0v) is 14.2. The molecule has 0 saturated carbocycles. The summed E-state index contributed by atoms with van der Waals surface area (Å²) in [4.78, 5) is 4.20. The second-order valence-electron chi connectivity index (χ2n) is 5.28. The van der Waals surface area contributed by atoms with Crippen LogP contribution in [0.25, 0.3) is 0 Å². The lowest BCUT2D eigenvalue weighted by Gasteiger charge is -2.12. The van der Waals surface area contributed by atoms with Gasteiger partial charge in [0.15, 0.2) is 5.96 Å². The summed E-state index contributed by atoms with van der Waals surface area (Å²) in [7, 11) is 3.45. The Kier molecular flexibility index (Phi) is 9.26. The number of guanidine groups is 1. The van der Waals surface area contributed by atoms with Gasteiger partial charge >= 0.3 is 0 Å². The predicted octanol–water partition coefficient (Wildman–Crippen LogP) is 1.67. The van der Waals surface area contributed by atoms with Gasteiger partial charge in [-0.15, -0.1) is 0 Å². The Morgan fingerprint density at radius 2 is 1.68 bits per heavy atom. The third kappa shape index (κ3) is 8.00. The maximum absolute atomic E-state index is 5.40. The van der Waals surface area contributed by atoms with E-state index >= 15 is 0 Å². The van der Waals surface area contributed by atoms with Gasteiger partial charge in [-0.1, -0.05) is 29.3 Å². The van der Waals surface area contributed by atoms with E-state index in [1.165, 1.54) is 16.7 Å². The number of aryl methyl sites for hydroxylation is 2. The van der Waals surface area contributed by atoms with Gasteiger partial charge in [0.1, 0.15) is 0 Å². The zero-order valence-electron chi connectivity index (χ0n) is 14.2. The molecule has 1 rings (SSSR count). The molecule has 1 aromatic carbocycles. The first-order valence-electron chi connectivity index (χ1n) is 7.74. The number of nitrogens with zero attached hydrogens (tertiary/aromatic N) is 1. The van der Waals surface area contributed by atoms with Crippen LogP contribution in [0.1, 0.15) is 16.7 Å². The fourth-order valence-corrected chi connectivity index (χ4v) is 2.25. The highest BCUT2D eigenvalue weighted by Crippen LogP contribution is 2.08. The molecule has 0 aliphatic carbocycles. The molecular weight excluding hydrogens is 278 g/mol. The summed E-state index contributed by atoms with van der Waals surface area (Å²) < 4.78 is 10.3. The highest BCUT2D eigenvalue weighted by molar-refractivity contribution is 5.79. The van der Waals surface area contributed by atoms with Crippen molar-refractivity contribution in [2.75, 3.05) is 47.1 Å². The lowest BCUT2D eigenvalue weighted by molar-refractivity contribution is 0.0733. The quantitative estimate of drug-likeness (QED) is 0.414. The van der Waals surface area contributed by atoms with E-state index in [1.807, 2.05) is 0 Å². The smallest absolute Gasteiger partial charge is 0.191 e. The average Bonchev–Trinajstić information content (AvgIpc) is 2.48. The summed E-state index contributed by atoms with van der Waals surface area (Å²) in [6.07, 6.45) is 0.980. The minimum Gasteiger partial charge on any atom is -0.382 e. The molecule has 0 aromatic heterocycles. The van der Waals surface area contributed by atoms with Crippen molar-refractivity contribution in [1.82, 2.24) is 10.6 Å². The van der Waals surface area contributed by atoms with Gasteiger partial charge in [-0.25, -0.2) is 0 Å². The molecule has 0 amide bonds. The number of hydrogen-bond acceptors (Lipinski definition) is 3. The van der Waals surface area contributed by atoms with Crippen LogP contribution >= 0.6 is 0 Å². The molecule has 0 spiro atoms. The van der Waals surface area contributed by atoms with Gasteiger partial charge in [0, 0.05) is 27.2 Å². The van der Waals surface area contributed by atoms with E-state index in [-0.39, 0.29) is 0 Å². The number of aliphatic imine (C=N–C) groups is 1. The second-order valence-corrected chi connectivity index (χ2v) is 5.28.